The van der Waals surface area contributed by atoms with E-state index in [4.69, 9.17) is 0 Å². The minimum absolute atomic E-state index is 0.0782. The van der Waals surface area contributed by atoms with Gasteiger partial charge in [0.15, 0.2) is 0 Å². The number of thioether (sulfide) groups is 1. The Morgan fingerprint density at radius 2 is 1.73 bits per heavy atom. The summed E-state index contributed by atoms with van der Waals surface area (Å²) in [5.41, 5.74) is 0.689. The van der Waals surface area contributed by atoms with Crippen molar-refractivity contribution in [3.05, 3.63) is 42.0 Å². The number of amides is 2. The van der Waals surface area contributed by atoms with Crippen LogP contribution >= 0.6 is 11.8 Å². The van der Waals surface area contributed by atoms with Crippen LogP contribution in [0.5, 0.6) is 0 Å². The van der Waals surface area contributed by atoms with Gasteiger partial charge in [-0.25, -0.2) is 0 Å². The molecule has 2 saturated heterocycles. The summed E-state index contributed by atoms with van der Waals surface area (Å²) in [5, 5.41) is 0. The van der Waals surface area contributed by atoms with Crippen molar-refractivity contribution in [1.82, 2.24) is 9.80 Å². The molecular weight excluding hydrogens is 344 g/mol. The third-order valence-corrected chi connectivity index (χ3v) is 6.69. The Balaban J connectivity index is 1.66. The van der Waals surface area contributed by atoms with Gasteiger partial charge in [0.2, 0.25) is 11.8 Å². The molecule has 0 bridgehead atoms. The van der Waals surface area contributed by atoms with Gasteiger partial charge in [-0.1, -0.05) is 51.1 Å². The van der Waals surface area contributed by atoms with E-state index in [0.717, 1.165) is 43.8 Å². The van der Waals surface area contributed by atoms with E-state index in [1.807, 2.05) is 78.7 Å². The lowest BCUT2D eigenvalue weighted by Gasteiger charge is -2.45. The van der Waals surface area contributed by atoms with Gasteiger partial charge >= 0.3 is 0 Å². The Kier molecular flexibility index (Phi) is 5.47. The maximum absolute atomic E-state index is 12.8. The van der Waals surface area contributed by atoms with Crippen LogP contribution in [0.3, 0.4) is 0 Å². The van der Waals surface area contributed by atoms with E-state index in [-0.39, 0.29) is 22.1 Å². The second-order valence-electron chi connectivity index (χ2n) is 8.07. The molecule has 5 heteroatoms. The lowest BCUT2D eigenvalue weighted by Crippen LogP contribution is -2.54. The van der Waals surface area contributed by atoms with Crippen LogP contribution in [-0.2, 0) is 9.59 Å². The van der Waals surface area contributed by atoms with Crippen molar-refractivity contribution in [2.75, 3.05) is 25.4 Å². The highest BCUT2D eigenvalue weighted by atomic mass is 32.2. The first-order chi connectivity index (χ1) is 12.3. The van der Waals surface area contributed by atoms with Crippen LogP contribution in [0.1, 0.15) is 39.2 Å². The van der Waals surface area contributed by atoms with Crippen LogP contribution < -0.4 is 0 Å². The van der Waals surface area contributed by atoms with E-state index >= 15 is 0 Å². The highest BCUT2D eigenvalue weighted by molar-refractivity contribution is 8.00. The zero-order chi connectivity index (χ0) is 18.8. The van der Waals surface area contributed by atoms with Crippen molar-refractivity contribution in [2.24, 2.45) is 5.41 Å². The first-order valence-corrected chi connectivity index (χ1v) is 10.3. The van der Waals surface area contributed by atoms with E-state index in [9.17, 15) is 9.59 Å². The lowest BCUT2D eigenvalue weighted by atomic mass is 9.92. The lowest BCUT2D eigenvalue weighted by molar-refractivity contribution is -0.142. The minimum atomic E-state index is -0.346. The number of benzene rings is 1. The number of likely N-dealkylation sites (tertiary alicyclic amines) is 1. The monoisotopic (exact) mass is 372 g/mol. The number of carbonyl (C=O) groups is 2. The molecule has 2 aliphatic heterocycles. The predicted octanol–water partition coefficient (Wildman–Crippen LogP) is 3.64. The summed E-state index contributed by atoms with van der Waals surface area (Å²) in [7, 11) is 0. The van der Waals surface area contributed by atoms with E-state index < -0.39 is 0 Å². The van der Waals surface area contributed by atoms with E-state index in [2.05, 4.69) is 0 Å². The molecule has 1 spiro atoms. The Bertz CT molecular complexity index is 686. The summed E-state index contributed by atoms with van der Waals surface area (Å²) in [6.07, 6.45) is 5.28. The Morgan fingerprint density at radius 1 is 1.08 bits per heavy atom. The summed E-state index contributed by atoms with van der Waals surface area (Å²) in [5.74, 6) is 1.25. The molecule has 0 aliphatic carbocycles. The standard InChI is InChI=1S/C21H28N2O2S/c1-20(2,3)19(25)22-13-11-21(12-14-22)23(15-16-26-21)18(24)10-9-17-7-5-4-6-8-17/h4-10H,11-16H2,1-3H3. The molecule has 1 aromatic rings. The molecular formula is C21H28N2O2S. The zero-order valence-electron chi connectivity index (χ0n) is 15.9. The van der Waals surface area contributed by atoms with Gasteiger partial charge in [0, 0.05) is 36.9 Å². The van der Waals surface area contributed by atoms with Crippen LogP contribution in [0.4, 0.5) is 0 Å². The second kappa shape index (κ2) is 7.47. The third kappa shape index (κ3) is 3.98. The van der Waals surface area contributed by atoms with Crippen molar-refractivity contribution in [3.63, 3.8) is 0 Å². The van der Waals surface area contributed by atoms with Gasteiger partial charge < -0.3 is 9.80 Å². The molecule has 0 radical (unpaired) electrons. The zero-order valence-corrected chi connectivity index (χ0v) is 16.7. The number of nitrogens with zero attached hydrogens (tertiary/aromatic N) is 2. The highest BCUT2D eigenvalue weighted by Crippen LogP contribution is 2.44. The predicted molar refractivity (Wildman–Crippen MR) is 108 cm³/mol. The van der Waals surface area contributed by atoms with Gasteiger partial charge in [0.1, 0.15) is 0 Å². The van der Waals surface area contributed by atoms with E-state index in [1.54, 1.807) is 6.08 Å². The van der Waals surface area contributed by atoms with Crippen LogP contribution in [-0.4, -0.2) is 51.9 Å². The fourth-order valence-electron chi connectivity index (χ4n) is 3.69. The van der Waals surface area contributed by atoms with E-state index in [1.165, 1.54) is 0 Å². The average Bonchev–Trinajstić information content (AvgIpc) is 3.03. The normalized spacial score (nSPS) is 20.1. The molecule has 2 aliphatic rings. The third-order valence-electron chi connectivity index (χ3n) is 5.14. The van der Waals surface area contributed by atoms with Crippen molar-refractivity contribution in [3.8, 4) is 0 Å². The van der Waals surface area contributed by atoms with Crippen molar-refractivity contribution < 1.29 is 9.59 Å². The minimum Gasteiger partial charge on any atom is -0.342 e. The average molecular weight is 373 g/mol. The fourth-order valence-corrected chi connectivity index (χ4v) is 5.15. The van der Waals surface area contributed by atoms with Gasteiger partial charge in [0.05, 0.1) is 4.87 Å². The summed E-state index contributed by atoms with van der Waals surface area (Å²) < 4.78 is 0. The molecule has 3 rings (SSSR count). The first kappa shape index (κ1) is 19.0. The summed E-state index contributed by atoms with van der Waals surface area (Å²) in [4.78, 5) is 29.2. The molecule has 0 unspecified atom stereocenters. The van der Waals surface area contributed by atoms with Crippen LogP contribution in [0, 0.1) is 5.41 Å². The number of rotatable bonds is 2. The topological polar surface area (TPSA) is 40.6 Å². The SMILES string of the molecule is CC(C)(C)C(=O)N1CCC2(CC1)SCCN2C(=O)C=Cc1ccccc1. The molecule has 26 heavy (non-hydrogen) atoms. The Morgan fingerprint density at radius 3 is 2.35 bits per heavy atom. The second-order valence-corrected chi connectivity index (χ2v) is 9.53. The number of hydrogen-bond acceptors (Lipinski definition) is 3. The first-order valence-electron chi connectivity index (χ1n) is 9.30. The molecule has 2 amide bonds. The van der Waals surface area contributed by atoms with Crippen LogP contribution in [0.2, 0.25) is 0 Å². The Labute approximate surface area is 160 Å². The number of carbonyl (C=O) groups excluding carboxylic acids is 2. The number of piperidine rings is 1. The maximum Gasteiger partial charge on any atom is 0.247 e. The molecule has 4 nitrogen and oxygen atoms in total. The summed E-state index contributed by atoms with van der Waals surface area (Å²) in [6, 6.07) is 9.90. The fraction of sp³-hybridized carbons (Fsp3) is 0.524. The van der Waals surface area contributed by atoms with Gasteiger partial charge in [-0.15, -0.1) is 11.8 Å². The van der Waals surface area contributed by atoms with Crippen LogP contribution in [0.25, 0.3) is 6.08 Å². The summed E-state index contributed by atoms with van der Waals surface area (Å²) >= 11 is 1.88. The van der Waals surface area contributed by atoms with Crippen molar-refractivity contribution in [2.45, 2.75) is 38.5 Å². The van der Waals surface area contributed by atoms with Gasteiger partial charge in [-0.3, -0.25) is 9.59 Å². The molecule has 1 aromatic carbocycles. The molecule has 0 aromatic heterocycles. The molecule has 0 atom stereocenters. The van der Waals surface area contributed by atoms with Crippen molar-refractivity contribution >= 4 is 29.7 Å². The molecule has 2 heterocycles. The number of hydrogen-bond donors (Lipinski definition) is 0. The van der Waals surface area contributed by atoms with Gasteiger partial charge in [-0.2, -0.15) is 0 Å². The van der Waals surface area contributed by atoms with Gasteiger partial charge in [0.25, 0.3) is 0 Å². The van der Waals surface area contributed by atoms with E-state index in [0.29, 0.717) is 0 Å². The molecule has 2 fully saturated rings. The maximum atomic E-state index is 12.8. The van der Waals surface area contributed by atoms with Gasteiger partial charge in [-0.05, 0) is 24.5 Å². The molecule has 140 valence electrons. The highest BCUT2D eigenvalue weighted by Gasteiger charge is 2.47. The van der Waals surface area contributed by atoms with Crippen LogP contribution in [0.15, 0.2) is 36.4 Å². The van der Waals surface area contributed by atoms with Crippen molar-refractivity contribution in [1.29, 1.82) is 0 Å². The largest absolute Gasteiger partial charge is 0.342 e. The Hall–Kier alpha value is -1.75. The smallest absolute Gasteiger partial charge is 0.247 e. The quantitative estimate of drug-likeness (QED) is 0.744. The molecule has 0 N–H and O–H groups in total. The molecule has 0 saturated carbocycles. The summed E-state index contributed by atoms with van der Waals surface area (Å²) in [6.45, 7) is 8.15.